The van der Waals surface area contributed by atoms with Gasteiger partial charge in [0.05, 0.1) is 30.2 Å². The van der Waals surface area contributed by atoms with Gasteiger partial charge in [0.25, 0.3) is 0 Å². The van der Waals surface area contributed by atoms with E-state index in [0.717, 1.165) is 17.7 Å². The zero-order valence-corrected chi connectivity index (χ0v) is 17.4. The van der Waals surface area contributed by atoms with E-state index >= 15 is 0 Å². The number of methoxy groups -OCH3 is 1. The number of rotatable bonds is 7. The van der Waals surface area contributed by atoms with Crippen LogP contribution in [0.3, 0.4) is 0 Å². The minimum Gasteiger partial charge on any atom is -0.382 e. The van der Waals surface area contributed by atoms with Gasteiger partial charge in [0, 0.05) is 20.1 Å². The molecular formula is C23H25F3N2O3. The summed E-state index contributed by atoms with van der Waals surface area (Å²) in [6.07, 6.45) is -4.42. The molecule has 1 saturated heterocycles. The molecule has 0 bridgehead atoms. The second kappa shape index (κ2) is 9.51. The number of nitrogens with zero attached hydrogens (tertiary/aromatic N) is 1. The Morgan fingerprint density at radius 1 is 1.16 bits per heavy atom. The van der Waals surface area contributed by atoms with Gasteiger partial charge in [0.2, 0.25) is 11.8 Å². The number of likely N-dealkylation sites (tertiary alicyclic amines) is 1. The fourth-order valence-corrected chi connectivity index (χ4v) is 3.80. The molecule has 1 aliphatic rings. The number of nitrogens with one attached hydrogen (secondary N) is 1. The molecule has 0 radical (unpaired) electrons. The van der Waals surface area contributed by atoms with Crippen molar-refractivity contribution in [1.29, 1.82) is 0 Å². The van der Waals surface area contributed by atoms with E-state index in [1.807, 2.05) is 37.3 Å². The van der Waals surface area contributed by atoms with Gasteiger partial charge in [-0.15, -0.1) is 0 Å². The molecule has 2 aromatic carbocycles. The second-order valence-corrected chi connectivity index (χ2v) is 7.67. The Hall–Kier alpha value is -2.87. The molecule has 1 aliphatic heterocycles. The first-order valence-electron chi connectivity index (χ1n) is 10.0. The Bertz CT molecular complexity index is 918. The van der Waals surface area contributed by atoms with Crippen LogP contribution < -0.4 is 5.32 Å². The molecule has 2 aromatic rings. The van der Waals surface area contributed by atoms with E-state index in [1.165, 1.54) is 19.2 Å². The zero-order valence-electron chi connectivity index (χ0n) is 17.4. The van der Waals surface area contributed by atoms with Crippen LogP contribution in [-0.4, -0.2) is 37.0 Å². The summed E-state index contributed by atoms with van der Waals surface area (Å²) in [5.74, 6) is -1.08. The lowest BCUT2D eigenvalue weighted by molar-refractivity contribution is -0.137. The van der Waals surface area contributed by atoms with E-state index in [9.17, 15) is 22.8 Å². The molecule has 31 heavy (non-hydrogen) atoms. The van der Waals surface area contributed by atoms with Gasteiger partial charge in [0.15, 0.2) is 0 Å². The highest BCUT2D eigenvalue weighted by molar-refractivity contribution is 5.89. The summed E-state index contributed by atoms with van der Waals surface area (Å²) < 4.78 is 44.3. The molecule has 1 heterocycles. The molecule has 2 amide bonds. The number of ether oxygens (including phenoxy) is 1. The molecule has 8 heteroatoms. The summed E-state index contributed by atoms with van der Waals surface area (Å²) in [5.41, 5.74) is 0.473. The Morgan fingerprint density at radius 2 is 1.84 bits per heavy atom. The van der Waals surface area contributed by atoms with Gasteiger partial charge in [-0.05, 0) is 30.2 Å². The van der Waals surface area contributed by atoms with Crippen molar-refractivity contribution >= 4 is 11.8 Å². The number of carbonyl (C=O) groups excluding carboxylic acids is 2. The van der Waals surface area contributed by atoms with Gasteiger partial charge in [-0.25, -0.2) is 0 Å². The van der Waals surface area contributed by atoms with Crippen LogP contribution in [0.5, 0.6) is 0 Å². The van der Waals surface area contributed by atoms with Crippen LogP contribution in [0.25, 0.3) is 0 Å². The molecule has 0 spiro atoms. The third-order valence-electron chi connectivity index (χ3n) is 5.54. The number of halogens is 3. The summed E-state index contributed by atoms with van der Waals surface area (Å²) in [4.78, 5) is 27.1. The lowest BCUT2D eigenvalue weighted by Crippen LogP contribution is -2.37. The van der Waals surface area contributed by atoms with Crippen molar-refractivity contribution in [2.45, 2.75) is 31.6 Å². The summed E-state index contributed by atoms with van der Waals surface area (Å²) in [5, 5.41) is 2.76. The van der Waals surface area contributed by atoms with Crippen molar-refractivity contribution in [2.75, 3.05) is 20.3 Å². The minimum atomic E-state index is -4.48. The summed E-state index contributed by atoms with van der Waals surface area (Å²) in [6.45, 7) is 2.17. The minimum absolute atomic E-state index is 0.0118. The van der Waals surface area contributed by atoms with E-state index in [2.05, 4.69) is 5.32 Å². The quantitative estimate of drug-likeness (QED) is 0.713. The Kier molecular flexibility index (Phi) is 7.00. The Labute approximate surface area is 179 Å². The average Bonchev–Trinajstić information content (AvgIpc) is 3.14. The second-order valence-electron chi connectivity index (χ2n) is 7.67. The Balaban J connectivity index is 1.71. The van der Waals surface area contributed by atoms with Crippen LogP contribution in [0.2, 0.25) is 0 Å². The Morgan fingerprint density at radius 3 is 2.48 bits per heavy atom. The SMILES string of the molecule is COCC(NC(=O)C1CC(=O)N(C(C)c2ccccc2)C1)c1cccc(C(F)(F)F)c1. The van der Waals surface area contributed by atoms with Crippen molar-refractivity contribution in [3.05, 3.63) is 71.3 Å². The molecule has 3 rings (SSSR count). The van der Waals surface area contributed by atoms with Crippen molar-refractivity contribution in [3.63, 3.8) is 0 Å². The van der Waals surface area contributed by atoms with E-state index in [0.29, 0.717) is 5.56 Å². The van der Waals surface area contributed by atoms with Crippen molar-refractivity contribution in [3.8, 4) is 0 Å². The van der Waals surface area contributed by atoms with Gasteiger partial charge < -0.3 is 15.0 Å². The van der Waals surface area contributed by atoms with Crippen molar-refractivity contribution < 1.29 is 27.5 Å². The van der Waals surface area contributed by atoms with E-state index in [4.69, 9.17) is 4.74 Å². The third kappa shape index (κ3) is 5.44. The van der Waals surface area contributed by atoms with E-state index in [1.54, 1.807) is 4.90 Å². The fourth-order valence-electron chi connectivity index (χ4n) is 3.80. The monoisotopic (exact) mass is 434 g/mol. The van der Waals surface area contributed by atoms with Crippen LogP contribution >= 0.6 is 0 Å². The number of carbonyl (C=O) groups is 2. The lowest BCUT2D eigenvalue weighted by atomic mass is 10.0. The molecule has 1 N–H and O–H groups in total. The van der Waals surface area contributed by atoms with Crippen molar-refractivity contribution in [1.82, 2.24) is 10.2 Å². The number of amides is 2. The molecule has 3 unspecified atom stereocenters. The summed E-state index contributed by atoms with van der Waals surface area (Å²) >= 11 is 0. The van der Waals surface area contributed by atoms with Crippen LogP contribution in [0.1, 0.15) is 42.1 Å². The first kappa shape index (κ1) is 22.8. The van der Waals surface area contributed by atoms with E-state index < -0.39 is 23.7 Å². The lowest BCUT2D eigenvalue weighted by Gasteiger charge is -2.25. The number of benzene rings is 2. The summed E-state index contributed by atoms with van der Waals surface area (Å²) in [6, 6.07) is 13.4. The number of alkyl halides is 3. The molecule has 3 atom stereocenters. The number of hydrogen-bond donors (Lipinski definition) is 1. The highest BCUT2D eigenvalue weighted by Gasteiger charge is 2.38. The maximum atomic E-state index is 13.1. The van der Waals surface area contributed by atoms with Gasteiger partial charge in [-0.1, -0.05) is 42.5 Å². The van der Waals surface area contributed by atoms with Crippen LogP contribution in [0.15, 0.2) is 54.6 Å². The average molecular weight is 434 g/mol. The van der Waals surface area contributed by atoms with E-state index in [-0.39, 0.29) is 37.4 Å². The molecule has 5 nitrogen and oxygen atoms in total. The predicted octanol–water partition coefficient (Wildman–Crippen LogP) is 4.12. The molecule has 166 valence electrons. The maximum Gasteiger partial charge on any atom is 0.416 e. The third-order valence-corrected chi connectivity index (χ3v) is 5.54. The highest BCUT2D eigenvalue weighted by atomic mass is 19.4. The normalized spacial score (nSPS) is 18.7. The smallest absolute Gasteiger partial charge is 0.382 e. The van der Waals surface area contributed by atoms with Gasteiger partial charge in [0.1, 0.15) is 0 Å². The topological polar surface area (TPSA) is 58.6 Å². The summed E-state index contributed by atoms with van der Waals surface area (Å²) in [7, 11) is 1.41. The standard InChI is InChI=1S/C23H25F3N2O3/c1-15(16-7-4-3-5-8-16)28-13-18(12-21(28)29)22(30)27-20(14-31-2)17-9-6-10-19(11-17)23(24,25)26/h3-11,15,18,20H,12-14H2,1-2H3,(H,27,30). The predicted molar refractivity (Wildman–Crippen MR) is 109 cm³/mol. The molecule has 0 aromatic heterocycles. The molecule has 0 saturated carbocycles. The fraction of sp³-hybridized carbons (Fsp3) is 0.391. The van der Waals surface area contributed by atoms with Gasteiger partial charge >= 0.3 is 6.18 Å². The highest BCUT2D eigenvalue weighted by Crippen LogP contribution is 2.32. The first-order chi connectivity index (χ1) is 14.7. The van der Waals surface area contributed by atoms with Crippen LogP contribution in [0, 0.1) is 5.92 Å². The molecule has 0 aliphatic carbocycles. The molecule has 1 fully saturated rings. The zero-order chi connectivity index (χ0) is 22.6. The first-order valence-corrected chi connectivity index (χ1v) is 10.0. The molecular weight excluding hydrogens is 409 g/mol. The van der Waals surface area contributed by atoms with Crippen LogP contribution in [0.4, 0.5) is 13.2 Å². The van der Waals surface area contributed by atoms with Crippen LogP contribution in [-0.2, 0) is 20.5 Å². The van der Waals surface area contributed by atoms with Gasteiger partial charge in [-0.2, -0.15) is 13.2 Å². The largest absolute Gasteiger partial charge is 0.416 e. The maximum absolute atomic E-state index is 13.1. The number of hydrogen-bond acceptors (Lipinski definition) is 3. The van der Waals surface area contributed by atoms with Gasteiger partial charge in [-0.3, -0.25) is 9.59 Å². The van der Waals surface area contributed by atoms with Crippen molar-refractivity contribution in [2.24, 2.45) is 5.92 Å².